The normalized spacial score (nSPS) is 29.5. The Kier molecular flexibility index (Phi) is 12.4. The van der Waals surface area contributed by atoms with Crippen LogP contribution in [0.2, 0.25) is 18.1 Å². The largest absolute Gasteiger partial charge is 0.457 e. The van der Waals surface area contributed by atoms with Gasteiger partial charge in [0.25, 0.3) is 0 Å². The number of rotatable bonds is 4. The number of nitrogens with zero attached hydrogens (tertiary/aromatic N) is 1. The van der Waals surface area contributed by atoms with Crippen LogP contribution in [0.5, 0.6) is 0 Å². The van der Waals surface area contributed by atoms with E-state index in [0.717, 1.165) is 35.5 Å². The minimum atomic E-state index is -2.30. The molecule has 5 atom stereocenters. The first-order chi connectivity index (χ1) is 18.8. The van der Waals surface area contributed by atoms with Crippen molar-refractivity contribution in [2.45, 2.75) is 139 Å². The fourth-order valence-corrected chi connectivity index (χ4v) is 7.32. The van der Waals surface area contributed by atoms with Gasteiger partial charge in [0.1, 0.15) is 11.9 Å². The summed E-state index contributed by atoms with van der Waals surface area (Å²) in [6.07, 6.45) is 7.15. The van der Waals surface area contributed by atoms with E-state index in [1.807, 2.05) is 39.2 Å². The molecule has 0 amide bonds. The molecule has 7 heteroatoms. The van der Waals surface area contributed by atoms with Gasteiger partial charge in [0.2, 0.25) is 0 Å². The first-order valence-corrected chi connectivity index (χ1v) is 19.2. The van der Waals surface area contributed by atoms with E-state index in [2.05, 4.69) is 72.6 Å². The van der Waals surface area contributed by atoms with Crippen LogP contribution in [0, 0.1) is 30.1 Å². The van der Waals surface area contributed by atoms with Crippen LogP contribution in [0.15, 0.2) is 22.6 Å². The summed E-state index contributed by atoms with van der Waals surface area (Å²) in [4.78, 5) is 32.5. The van der Waals surface area contributed by atoms with E-state index < -0.39 is 25.9 Å². The predicted molar refractivity (Wildman–Crippen MR) is 176 cm³/mol. The van der Waals surface area contributed by atoms with E-state index >= 15 is 0 Å². The molecule has 1 aromatic heterocycles. The molecule has 0 radical (unpaired) electrons. The molecule has 1 aliphatic heterocycles. The Morgan fingerprint density at radius 1 is 1.15 bits per heavy atom. The van der Waals surface area contributed by atoms with Crippen LogP contribution in [0.3, 0.4) is 0 Å². The molecule has 0 aromatic carbocycles. The van der Waals surface area contributed by atoms with Gasteiger partial charge in [0.05, 0.1) is 23.2 Å². The Bertz CT molecular complexity index is 1110. The van der Waals surface area contributed by atoms with Gasteiger partial charge in [-0.1, -0.05) is 73.5 Å². The zero-order chi connectivity index (χ0) is 31.3. The third-order valence-electron chi connectivity index (χ3n) is 9.79. The quantitative estimate of drug-likeness (QED) is 0.195. The van der Waals surface area contributed by atoms with E-state index in [9.17, 15) is 9.59 Å². The molecule has 1 aromatic rings. The van der Waals surface area contributed by atoms with Gasteiger partial charge in [-0.2, -0.15) is 0 Å². The highest BCUT2D eigenvalue weighted by molar-refractivity contribution is 7.09. The van der Waals surface area contributed by atoms with Gasteiger partial charge in [0.15, 0.2) is 8.32 Å². The highest BCUT2D eigenvalue weighted by atomic mass is 32.1. The average molecular weight is 604 g/mol. The predicted octanol–water partition coefficient (Wildman–Crippen LogP) is 9.57. The van der Waals surface area contributed by atoms with Crippen molar-refractivity contribution in [2.24, 2.45) is 23.2 Å². The number of ether oxygens (including phenoxy) is 1. The number of thiazole rings is 1. The Morgan fingerprint density at radius 2 is 1.78 bits per heavy atom. The van der Waals surface area contributed by atoms with Crippen LogP contribution in [-0.2, 0) is 18.8 Å². The summed E-state index contributed by atoms with van der Waals surface area (Å²) in [5.41, 5.74) is 2.23. The van der Waals surface area contributed by atoms with Gasteiger partial charge in [-0.25, -0.2) is 4.98 Å². The van der Waals surface area contributed by atoms with E-state index in [1.165, 1.54) is 5.57 Å². The molecular formula is C34H57NO4SSi. The molecule has 0 aliphatic carbocycles. The second-order valence-corrected chi connectivity index (χ2v) is 20.4. The van der Waals surface area contributed by atoms with Crippen LogP contribution >= 0.6 is 11.3 Å². The van der Waals surface area contributed by atoms with Crippen LogP contribution < -0.4 is 0 Å². The number of carbonyl (C=O) groups excluding carboxylic acids is 2. The average Bonchev–Trinajstić information content (AvgIpc) is 3.26. The third-order valence-corrected chi connectivity index (χ3v) is 15.1. The fraction of sp³-hybridized carbons (Fsp3) is 0.735. The molecule has 232 valence electrons. The molecule has 2 heterocycles. The van der Waals surface area contributed by atoms with E-state index in [0.29, 0.717) is 12.3 Å². The monoisotopic (exact) mass is 603 g/mol. The number of hydrogen-bond donors (Lipinski definition) is 0. The number of hydrogen-bond acceptors (Lipinski definition) is 6. The molecular weight excluding hydrogens is 547 g/mol. The molecule has 0 saturated carbocycles. The maximum Gasteiger partial charge on any atom is 0.309 e. The highest BCUT2D eigenvalue weighted by Crippen LogP contribution is 2.42. The van der Waals surface area contributed by atoms with Crippen LogP contribution in [0.4, 0.5) is 0 Å². The fourth-order valence-electron chi connectivity index (χ4n) is 5.31. The SMILES string of the molecule is C/C1=C/CCC[C@H](C)[C@H](C)[C@@H](C)C(=O)C(C)(C)[C@@H](O[Si](C)(C)C(C)(C)C)CC(=O)O[C@H](/C(C)=C/c2csc(C)n2)C1. The van der Waals surface area contributed by atoms with E-state index in [4.69, 9.17) is 9.16 Å². The molecule has 0 unspecified atom stereocenters. The lowest BCUT2D eigenvalue weighted by atomic mass is 9.70. The van der Waals surface area contributed by atoms with Crippen LogP contribution in [0.1, 0.15) is 112 Å². The zero-order valence-corrected chi connectivity index (χ0v) is 30.0. The molecule has 2 rings (SSSR count). The van der Waals surface area contributed by atoms with E-state index in [-0.39, 0.29) is 35.0 Å². The molecule has 0 saturated heterocycles. The van der Waals surface area contributed by atoms with Crippen molar-refractivity contribution < 1.29 is 18.8 Å². The van der Waals surface area contributed by atoms with Crippen molar-refractivity contribution in [3.8, 4) is 0 Å². The molecule has 5 nitrogen and oxygen atoms in total. The lowest BCUT2D eigenvalue weighted by Gasteiger charge is -2.44. The van der Waals surface area contributed by atoms with Crippen molar-refractivity contribution >= 4 is 37.5 Å². The number of cyclic esters (lactones) is 1. The van der Waals surface area contributed by atoms with Crippen molar-refractivity contribution in [2.75, 3.05) is 0 Å². The zero-order valence-electron chi connectivity index (χ0n) is 28.1. The smallest absolute Gasteiger partial charge is 0.309 e. The maximum absolute atomic E-state index is 14.1. The summed E-state index contributed by atoms with van der Waals surface area (Å²) in [5.74, 6) is 0.382. The van der Waals surface area contributed by atoms with Crippen molar-refractivity contribution in [1.82, 2.24) is 4.98 Å². The summed E-state index contributed by atoms with van der Waals surface area (Å²) in [5, 5.41) is 2.97. The minimum absolute atomic E-state index is 0.0459. The van der Waals surface area contributed by atoms with Gasteiger partial charge in [-0.15, -0.1) is 11.3 Å². The number of aryl methyl sites for hydroxylation is 1. The maximum atomic E-state index is 14.1. The first kappa shape index (κ1) is 35.6. The van der Waals surface area contributed by atoms with Gasteiger partial charge in [0, 0.05) is 23.1 Å². The van der Waals surface area contributed by atoms with Crippen molar-refractivity contribution in [3.05, 3.63) is 33.3 Å². The second kappa shape index (κ2) is 14.3. The lowest BCUT2D eigenvalue weighted by Crippen LogP contribution is -2.52. The Labute approximate surface area is 255 Å². The van der Waals surface area contributed by atoms with Crippen molar-refractivity contribution in [3.63, 3.8) is 0 Å². The molecule has 0 fully saturated rings. The summed E-state index contributed by atoms with van der Waals surface area (Å²) in [6, 6.07) is 0. The van der Waals surface area contributed by atoms with Crippen molar-refractivity contribution in [1.29, 1.82) is 0 Å². The summed E-state index contributed by atoms with van der Waals surface area (Å²) in [7, 11) is -2.30. The topological polar surface area (TPSA) is 65.5 Å². The number of Topliss-reactive ketones (excluding diaryl/α,β-unsaturated/α-hetero) is 1. The highest BCUT2D eigenvalue weighted by Gasteiger charge is 2.48. The molecule has 0 spiro atoms. The van der Waals surface area contributed by atoms with Gasteiger partial charge in [-0.3, -0.25) is 9.59 Å². The minimum Gasteiger partial charge on any atom is -0.457 e. The third kappa shape index (κ3) is 9.72. The summed E-state index contributed by atoms with van der Waals surface area (Å²) >= 11 is 1.61. The number of aromatic nitrogens is 1. The van der Waals surface area contributed by atoms with Gasteiger partial charge < -0.3 is 9.16 Å². The molecule has 0 bridgehead atoms. The van der Waals surface area contributed by atoms with Crippen LogP contribution in [-0.4, -0.2) is 37.3 Å². The lowest BCUT2D eigenvalue weighted by molar-refractivity contribution is -0.153. The number of carbonyl (C=O) groups is 2. The Balaban J connectivity index is 2.54. The standard InChI is InChI=1S/C34H57NO4SSi/c1-22-16-14-15-17-23(2)25(4)26(5)32(37)34(10,11)30(39-41(12,13)33(7,8)9)20-31(36)38-29(18-22)24(3)19-28-21-40-27(6)35-28/h16,19,21,23,25-26,29-30H,14-15,17-18,20H2,1-13H3/b22-16-,24-19+/t23-,25-,26+,29-,30-/m0/s1. The molecule has 1 aliphatic rings. The summed E-state index contributed by atoms with van der Waals surface area (Å²) in [6.45, 7) is 27.5. The van der Waals surface area contributed by atoms with Crippen LogP contribution in [0.25, 0.3) is 6.08 Å². The number of esters is 1. The van der Waals surface area contributed by atoms with Gasteiger partial charge in [-0.05, 0) is 75.2 Å². The van der Waals surface area contributed by atoms with Gasteiger partial charge >= 0.3 is 5.97 Å². The molecule has 41 heavy (non-hydrogen) atoms. The Morgan fingerprint density at radius 3 is 2.34 bits per heavy atom. The second-order valence-electron chi connectivity index (χ2n) is 14.6. The Hall–Kier alpha value is -1.57. The number of ketones is 1. The van der Waals surface area contributed by atoms with E-state index in [1.54, 1.807) is 11.3 Å². The first-order valence-electron chi connectivity index (χ1n) is 15.4. The molecule has 0 N–H and O–H groups in total. The summed E-state index contributed by atoms with van der Waals surface area (Å²) < 4.78 is 13.2. The number of allylic oxidation sites excluding steroid dienone is 1.